The minimum absolute atomic E-state index is 0.112. The van der Waals surface area contributed by atoms with Crippen LogP contribution in [0.25, 0.3) is 0 Å². The molecule has 0 heterocycles. The van der Waals surface area contributed by atoms with Gasteiger partial charge in [-0.2, -0.15) is 0 Å². The molecule has 1 aromatic carbocycles. The lowest BCUT2D eigenvalue weighted by molar-refractivity contribution is 0.148. The zero-order valence-electron chi connectivity index (χ0n) is 10.0. The number of hydrogen-bond acceptors (Lipinski definition) is 3. The maximum Gasteiger partial charge on any atom is 0.407 e. The molecule has 106 valence electrons. The number of benzene rings is 1. The lowest BCUT2D eigenvalue weighted by Gasteiger charge is -2.12. The van der Waals surface area contributed by atoms with Crippen molar-refractivity contribution >= 4 is 40.9 Å². The molecular formula is C12H14Cl3NO3. The lowest BCUT2D eigenvalue weighted by Crippen LogP contribution is -2.27. The molecule has 0 atom stereocenters. The van der Waals surface area contributed by atoms with E-state index in [9.17, 15) is 4.79 Å². The Balaban J connectivity index is 2.33. The average molecular weight is 327 g/mol. The molecule has 0 spiro atoms. The number of halogens is 3. The summed E-state index contributed by atoms with van der Waals surface area (Å²) in [5, 5.41) is 11.3. The van der Waals surface area contributed by atoms with Gasteiger partial charge in [-0.1, -0.05) is 59.1 Å². The van der Waals surface area contributed by atoms with Crippen LogP contribution in [0.4, 0.5) is 4.79 Å². The van der Waals surface area contributed by atoms with E-state index in [-0.39, 0.29) is 13.2 Å². The van der Waals surface area contributed by atoms with Gasteiger partial charge in [0.05, 0.1) is 0 Å². The smallest absolute Gasteiger partial charge is 0.407 e. The summed E-state index contributed by atoms with van der Waals surface area (Å²) in [5.41, 5.74) is 1.94. The number of aliphatic hydroxyl groups is 1. The van der Waals surface area contributed by atoms with Gasteiger partial charge in [-0.05, 0) is 17.5 Å². The Morgan fingerprint density at radius 1 is 1.21 bits per heavy atom. The Morgan fingerprint density at radius 3 is 2.32 bits per heavy atom. The SMILES string of the molecule is O=C(NCc1ccc(CCO)cc1)OCC(Cl)(Cl)Cl. The maximum absolute atomic E-state index is 11.3. The molecule has 0 radical (unpaired) electrons. The number of aliphatic hydroxyl groups excluding tert-OH is 1. The molecule has 0 saturated heterocycles. The van der Waals surface area contributed by atoms with E-state index in [1.165, 1.54) is 0 Å². The molecule has 7 heteroatoms. The van der Waals surface area contributed by atoms with Crippen LogP contribution >= 0.6 is 34.8 Å². The van der Waals surface area contributed by atoms with E-state index >= 15 is 0 Å². The van der Waals surface area contributed by atoms with Crippen molar-refractivity contribution in [2.75, 3.05) is 13.2 Å². The topological polar surface area (TPSA) is 58.6 Å². The molecule has 0 fully saturated rings. The van der Waals surface area contributed by atoms with Crippen LogP contribution in [0.5, 0.6) is 0 Å². The second kappa shape index (κ2) is 7.80. The highest BCUT2D eigenvalue weighted by molar-refractivity contribution is 6.67. The molecule has 4 nitrogen and oxygen atoms in total. The van der Waals surface area contributed by atoms with Crippen molar-refractivity contribution in [2.24, 2.45) is 0 Å². The first-order valence-electron chi connectivity index (χ1n) is 5.57. The Morgan fingerprint density at radius 2 is 1.79 bits per heavy atom. The van der Waals surface area contributed by atoms with Crippen LogP contribution in [-0.2, 0) is 17.7 Å². The van der Waals surface area contributed by atoms with Gasteiger partial charge in [-0.3, -0.25) is 0 Å². The molecule has 1 amide bonds. The van der Waals surface area contributed by atoms with Crippen LogP contribution in [0, 0.1) is 0 Å². The molecule has 0 aliphatic rings. The summed E-state index contributed by atoms with van der Waals surface area (Å²) in [7, 11) is 0. The third-order valence-corrected chi connectivity index (χ3v) is 2.55. The maximum atomic E-state index is 11.3. The van der Waals surface area contributed by atoms with Gasteiger partial charge in [0, 0.05) is 13.2 Å². The third-order valence-electron chi connectivity index (χ3n) is 2.23. The van der Waals surface area contributed by atoms with Gasteiger partial charge in [-0.15, -0.1) is 0 Å². The third kappa shape index (κ3) is 7.47. The van der Waals surface area contributed by atoms with Crippen LogP contribution in [0.3, 0.4) is 0 Å². The van der Waals surface area contributed by atoms with E-state index in [0.717, 1.165) is 11.1 Å². The zero-order chi connectivity index (χ0) is 14.3. The van der Waals surface area contributed by atoms with Crippen molar-refractivity contribution in [2.45, 2.75) is 16.8 Å². The molecule has 2 N–H and O–H groups in total. The molecule has 0 bridgehead atoms. The number of carbonyl (C=O) groups excluding carboxylic acids is 1. The quantitative estimate of drug-likeness (QED) is 0.818. The average Bonchev–Trinajstić information content (AvgIpc) is 2.35. The molecule has 0 aromatic heterocycles. The van der Waals surface area contributed by atoms with Crippen LogP contribution in [0.1, 0.15) is 11.1 Å². The minimum atomic E-state index is -1.61. The van der Waals surface area contributed by atoms with Crippen molar-refractivity contribution < 1.29 is 14.6 Å². The Kier molecular flexibility index (Phi) is 6.72. The first kappa shape index (κ1) is 16.4. The van der Waals surface area contributed by atoms with Crippen LogP contribution in [0.15, 0.2) is 24.3 Å². The van der Waals surface area contributed by atoms with Gasteiger partial charge in [0.25, 0.3) is 0 Å². The van der Waals surface area contributed by atoms with Gasteiger partial charge < -0.3 is 15.2 Å². The van der Waals surface area contributed by atoms with E-state index in [1.807, 2.05) is 24.3 Å². The predicted molar refractivity (Wildman–Crippen MR) is 75.7 cm³/mol. The van der Waals surface area contributed by atoms with E-state index in [0.29, 0.717) is 13.0 Å². The van der Waals surface area contributed by atoms with Crippen LogP contribution < -0.4 is 5.32 Å². The fourth-order valence-corrected chi connectivity index (χ4v) is 1.49. The van der Waals surface area contributed by atoms with Gasteiger partial charge in [0.15, 0.2) is 0 Å². The van der Waals surface area contributed by atoms with Crippen molar-refractivity contribution in [1.82, 2.24) is 5.32 Å². The number of amides is 1. The fraction of sp³-hybridized carbons (Fsp3) is 0.417. The summed E-state index contributed by atoms with van der Waals surface area (Å²) in [6, 6.07) is 7.50. The summed E-state index contributed by atoms with van der Waals surface area (Å²) >= 11 is 16.3. The van der Waals surface area contributed by atoms with Crippen molar-refractivity contribution in [3.8, 4) is 0 Å². The Labute approximate surface area is 126 Å². The number of ether oxygens (including phenoxy) is 1. The first-order chi connectivity index (χ1) is 8.90. The highest BCUT2D eigenvalue weighted by Crippen LogP contribution is 2.25. The van der Waals surface area contributed by atoms with E-state index in [2.05, 4.69) is 5.32 Å². The zero-order valence-corrected chi connectivity index (χ0v) is 12.3. The summed E-state index contributed by atoms with van der Waals surface area (Å²) in [4.78, 5) is 11.3. The summed E-state index contributed by atoms with van der Waals surface area (Å²) in [5.74, 6) is 0. The standard InChI is InChI=1S/C12H14Cl3NO3/c13-12(14,15)8-19-11(18)16-7-10-3-1-9(2-4-10)5-6-17/h1-4,17H,5-8H2,(H,16,18). The second-order valence-electron chi connectivity index (χ2n) is 3.83. The normalized spacial score (nSPS) is 11.2. The largest absolute Gasteiger partial charge is 0.445 e. The van der Waals surface area contributed by atoms with Crippen LogP contribution in [-0.4, -0.2) is 28.2 Å². The highest BCUT2D eigenvalue weighted by atomic mass is 35.6. The molecule has 0 aliphatic heterocycles. The summed E-state index contributed by atoms with van der Waals surface area (Å²) in [6.07, 6.45) is -0.0373. The van der Waals surface area contributed by atoms with Gasteiger partial charge >= 0.3 is 6.09 Å². The predicted octanol–water partition coefficient (Wildman–Crippen LogP) is 2.82. The van der Waals surface area contributed by atoms with Crippen molar-refractivity contribution in [3.63, 3.8) is 0 Å². The Bertz CT molecular complexity index is 404. The van der Waals surface area contributed by atoms with E-state index in [1.54, 1.807) is 0 Å². The molecule has 0 saturated carbocycles. The number of nitrogens with one attached hydrogen (secondary N) is 1. The molecule has 1 aromatic rings. The molecular weight excluding hydrogens is 312 g/mol. The van der Waals surface area contributed by atoms with Gasteiger partial charge in [0.1, 0.15) is 6.61 Å². The monoisotopic (exact) mass is 325 g/mol. The molecule has 1 rings (SSSR count). The number of alkyl carbamates (subject to hydrolysis) is 1. The van der Waals surface area contributed by atoms with Crippen molar-refractivity contribution in [3.05, 3.63) is 35.4 Å². The summed E-state index contributed by atoms with van der Waals surface area (Å²) in [6.45, 7) is 0.123. The molecule has 0 aliphatic carbocycles. The fourth-order valence-electron chi connectivity index (χ4n) is 1.33. The number of carbonyl (C=O) groups is 1. The number of rotatable bonds is 5. The van der Waals surface area contributed by atoms with Gasteiger partial charge in [0.2, 0.25) is 3.79 Å². The number of alkyl halides is 3. The van der Waals surface area contributed by atoms with E-state index in [4.69, 9.17) is 44.6 Å². The second-order valence-corrected chi connectivity index (χ2v) is 6.35. The first-order valence-corrected chi connectivity index (χ1v) is 6.70. The molecule has 19 heavy (non-hydrogen) atoms. The highest BCUT2D eigenvalue weighted by Gasteiger charge is 2.21. The number of hydrogen-bond donors (Lipinski definition) is 2. The molecule has 0 unspecified atom stereocenters. The lowest BCUT2D eigenvalue weighted by atomic mass is 10.1. The minimum Gasteiger partial charge on any atom is -0.445 e. The Hall–Kier alpha value is -0.680. The van der Waals surface area contributed by atoms with E-state index < -0.39 is 9.89 Å². The van der Waals surface area contributed by atoms with Crippen molar-refractivity contribution in [1.29, 1.82) is 0 Å². The van der Waals surface area contributed by atoms with Gasteiger partial charge in [-0.25, -0.2) is 4.79 Å². The van der Waals surface area contributed by atoms with Crippen LogP contribution in [0.2, 0.25) is 0 Å². The summed E-state index contributed by atoms with van der Waals surface area (Å²) < 4.78 is 3.10.